The maximum Gasteiger partial charge on any atom is 0.0334 e. The lowest BCUT2D eigenvalue weighted by molar-refractivity contribution is 0.306. The van der Waals surface area contributed by atoms with E-state index in [-0.39, 0.29) is 10.8 Å². The molecule has 1 aliphatic rings. The highest BCUT2D eigenvalue weighted by Gasteiger charge is 2.25. The topological polar surface area (TPSA) is 26.0 Å². The monoisotopic (exact) mass is 277 g/mol. The van der Waals surface area contributed by atoms with E-state index in [1.165, 1.54) is 42.6 Å². The lowest BCUT2D eigenvalue weighted by Crippen LogP contribution is -2.24. The zero-order chi connectivity index (χ0) is 13.9. The predicted octanol–water partition coefficient (Wildman–Crippen LogP) is 5.16. The number of benzene rings is 1. The second-order valence-electron chi connectivity index (χ2n) is 6.68. The molecule has 1 aromatic carbocycles. The van der Waals surface area contributed by atoms with Gasteiger partial charge in [0.05, 0.1) is 0 Å². The lowest BCUT2D eigenvalue weighted by Gasteiger charge is -2.30. The van der Waals surface area contributed by atoms with Gasteiger partial charge in [0.25, 0.3) is 0 Å². The Hall–Kier alpha value is -0.470. The first-order valence-corrected chi connectivity index (χ1v) is 8.32. The third-order valence-electron chi connectivity index (χ3n) is 3.85. The van der Waals surface area contributed by atoms with Crippen LogP contribution in [0, 0.1) is 5.92 Å². The van der Waals surface area contributed by atoms with Gasteiger partial charge in [-0.25, -0.2) is 0 Å². The quantitative estimate of drug-likeness (QED) is 0.772. The van der Waals surface area contributed by atoms with Gasteiger partial charge in [-0.1, -0.05) is 58.2 Å². The van der Waals surface area contributed by atoms with Gasteiger partial charge in [0.1, 0.15) is 0 Å². The molecule has 1 atom stereocenters. The summed E-state index contributed by atoms with van der Waals surface area (Å²) in [6.45, 7) is 6.79. The molecule has 19 heavy (non-hydrogen) atoms. The van der Waals surface area contributed by atoms with Crippen molar-refractivity contribution in [3.05, 3.63) is 29.8 Å². The Kier molecular flexibility index (Phi) is 4.97. The van der Waals surface area contributed by atoms with E-state index < -0.39 is 0 Å². The standard InChI is InChI=1S/C17H27NS/c1-17(2,3)19-15-12-8-7-11-14(15)16(18)13-9-5-4-6-10-13/h7-8,11-13,16H,4-6,9-10,18H2,1-3H3/t16-/m0/s1. The van der Waals surface area contributed by atoms with Crippen molar-refractivity contribution in [2.75, 3.05) is 0 Å². The molecule has 0 aliphatic heterocycles. The Labute approximate surface area is 122 Å². The fourth-order valence-corrected chi connectivity index (χ4v) is 4.05. The van der Waals surface area contributed by atoms with Crippen molar-refractivity contribution >= 4 is 11.8 Å². The molecule has 2 rings (SSSR count). The summed E-state index contributed by atoms with van der Waals surface area (Å²) in [6.07, 6.45) is 6.70. The van der Waals surface area contributed by atoms with Crippen LogP contribution in [0.5, 0.6) is 0 Å². The predicted molar refractivity (Wildman–Crippen MR) is 85.6 cm³/mol. The fraction of sp³-hybridized carbons (Fsp3) is 0.647. The highest BCUT2D eigenvalue weighted by atomic mass is 32.2. The molecule has 0 aromatic heterocycles. The molecule has 106 valence electrons. The minimum absolute atomic E-state index is 0.214. The number of thioether (sulfide) groups is 1. The van der Waals surface area contributed by atoms with Gasteiger partial charge in [-0.2, -0.15) is 0 Å². The first-order chi connectivity index (χ1) is 8.97. The Morgan fingerprint density at radius 3 is 2.37 bits per heavy atom. The molecule has 2 heteroatoms. The van der Waals surface area contributed by atoms with E-state index in [0.717, 1.165) is 0 Å². The molecule has 1 aliphatic carbocycles. The zero-order valence-corrected chi connectivity index (χ0v) is 13.3. The van der Waals surface area contributed by atoms with Crippen LogP contribution in [0.3, 0.4) is 0 Å². The van der Waals surface area contributed by atoms with Crippen LogP contribution in [0.15, 0.2) is 29.2 Å². The lowest BCUT2D eigenvalue weighted by atomic mass is 9.81. The molecule has 0 radical (unpaired) electrons. The third kappa shape index (κ3) is 4.25. The summed E-state index contributed by atoms with van der Waals surface area (Å²) in [7, 11) is 0. The summed E-state index contributed by atoms with van der Waals surface area (Å²) < 4.78 is 0.238. The normalized spacial score (nSPS) is 19.4. The minimum Gasteiger partial charge on any atom is -0.324 e. The van der Waals surface area contributed by atoms with Crippen molar-refractivity contribution in [2.45, 2.75) is 68.6 Å². The third-order valence-corrected chi connectivity index (χ3v) is 5.06. The van der Waals surface area contributed by atoms with Crippen molar-refractivity contribution in [3.63, 3.8) is 0 Å². The molecule has 1 fully saturated rings. The van der Waals surface area contributed by atoms with E-state index in [2.05, 4.69) is 45.0 Å². The van der Waals surface area contributed by atoms with Gasteiger partial charge in [0.2, 0.25) is 0 Å². The smallest absolute Gasteiger partial charge is 0.0334 e. The Balaban J connectivity index is 2.18. The highest BCUT2D eigenvalue weighted by molar-refractivity contribution is 8.00. The van der Waals surface area contributed by atoms with Crippen LogP contribution < -0.4 is 5.73 Å². The molecule has 0 saturated heterocycles. The average molecular weight is 277 g/mol. The second kappa shape index (κ2) is 6.32. The minimum atomic E-state index is 0.214. The van der Waals surface area contributed by atoms with Gasteiger partial charge in [-0.05, 0) is 30.4 Å². The fourth-order valence-electron chi connectivity index (χ4n) is 2.93. The van der Waals surface area contributed by atoms with Gasteiger partial charge < -0.3 is 5.73 Å². The van der Waals surface area contributed by atoms with Crippen LogP contribution in [0.1, 0.15) is 64.5 Å². The molecular formula is C17H27NS. The van der Waals surface area contributed by atoms with Gasteiger partial charge in [-0.15, -0.1) is 11.8 Å². The molecule has 1 saturated carbocycles. The van der Waals surface area contributed by atoms with Crippen LogP contribution in [0.25, 0.3) is 0 Å². The van der Waals surface area contributed by atoms with Crippen molar-refractivity contribution in [1.29, 1.82) is 0 Å². The summed E-state index contributed by atoms with van der Waals surface area (Å²) in [5.41, 5.74) is 7.93. The summed E-state index contributed by atoms with van der Waals surface area (Å²) in [6, 6.07) is 8.93. The largest absolute Gasteiger partial charge is 0.324 e. The number of hydrogen-bond donors (Lipinski definition) is 1. The maximum absolute atomic E-state index is 6.58. The summed E-state index contributed by atoms with van der Waals surface area (Å²) in [5, 5.41) is 0. The SMILES string of the molecule is CC(C)(C)Sc1ccccc1[C@@H](N)C1CCCCC1. The molecule has 0 bridgehead atoms. The molecule has 0 spiro atoms. The van der Waals surface area contributed by atoms with E-state index in [0.29, 0.717) is 5.92 Å². The van der Waals surface area contributed by atoms with E-state index >= 15 is 0 Å². The van der Waals surface area contributed by atoms with Crippen molar-refractivity contribution in [1.82, 2.24) is 0 Å². The van der Waals surface area contributed by atoms with E-state index in [4.69, 9.17) is 5.73 Å². The van der Waals surface area contributed by atoms with Crippen LogP contribution in [-0.2, 0) is 0 Å². The Morgan fingerprint density at radius 2 is 1.74 bits per heavy atom. The van der Waals surface area contributed by atoms with E-state index in [9.17, 15) is 0 Å². The molecule has 1 aromatic rings. The summed E-state index contributed by atoms with van der Waals surface area (Å²) in [5.74, 6) is 0.676. The number of hydrogen-bond acceptors (Lipinski definition) is 2. The summed E-state index contributed by atoms with van der Waals surface area (Å²) >= 11 is 1.94. The number of rotatable bonds is 3. The summed E-state index contributed by atoms with van der Waals surface area (Å²) in [4.78, 5) is 1.37. The van der Waals surface area contributed by atoms with Crippen LogP contribution in [-0.4, -0.2) is 4.75 Å². The Bertz CT molecular complexity index is 402. The first kappa shape index (κ1) is 14.9. The molecular weight excluding hydrogens is 250 g/mol. The molecule has 0 unspecified atom stereocenters. The second-order valence-corrected chi connectivity index (χ2v) is 8.54. The van der Waals surface area contributed by atoms with Crippen molar-refractivity contribution in [3.8, 4) is 0 Å². The van der Waals surface area contributed by atoms with Crippen LogP contribution in [0.4, 0.5) is 0 Å². The van der Waals surface area contributed by atoms with Crippen LogP contribution in [0.2, 0.25) is 0 Å². The number of nitrogens with two attached hydrogens (primary N) is 1. The highest BCUT2D eigenvalue weighted by Crippen LogP contribution is 2.40. The van der Waals surface area contributed by atoms with Gasteiger partial charge in [0.15, 0.2) is 0 Å². The van der Waals surface area contributed by atoms with E-state index in [1.54, 1.807) is 0 Å². The first-order valence-electron chi connectivity index (χ1n) is 7.51. The van der Waals surface area contributed by atoms with Crippen molar-refractivity contribution in [2.24, 2.45) is 11.7 Å². The molecule has 1 nitrogen and oxygen atoms in total. The Morgan fingerprint density at radius 1 is 1.11 bits per heavy atom. The zero-order valence-electron chi connectivity index (χ0n) is 12.5. The van der Waals surface area contributed by atoms with E-state index in [1.807, 2.05) is 11.8 Å². The molecule has 0 heterocycles. The average Bonchev–Trinajstić information content (AvgIpc) is 2.38. The van der Waals surface area contributed by atoms with Crippen molar-refractivity contribution < 1.29 is 0 Å². The molecule has 0 amide bonds. The van der Waals surface area contributed by atoms with Gasteiger partial charge >= 0.3 is 0 Å². The van der Waals surface area contributed by atoms with Gasteiger partial charge in [-0.3, -0.25) is 0 Å². The molecule has 2 N–H and O–H groups in total. The van der Waals surface area contributed by atoms with Gasteiger partial charge in [0, 0.05) is 15.7 Å². The van der Waals surface area contributed by atoms with Crippen LogP contribution >= 0.6 is 11.8 Å². The maximum atomic E-state index is 6.58.